The average Bonchev–Trinajstić information content (AvgIpc) is 3.01. The lowest BCUT2D eigenvalue weighted by Crippen LogP contribution is -2.28. The van der Waals surface area contributed by atoms with Gasteiger partial charge in [-0.15, -0.1) is 0 Å². The molecule has 0 radical (unpaired) electrons. The summed E-state index contributed by atoms with van der Waals surface area (Å²) in [6.07, 6.45) is 0. The molecule has 0 aliphatic heterocycles. The van der Waals surface area contributed by atoms with Crippen LogP contribution in [0.15, 0.2) is 125 Å². The van der Waals surface area contributed by atoms with Crippen molar-refractivity contribution in [3.05, 3.63) is 136 Å². The average molecular weight is 450 g/mol. The van der Waals surface area contributed by atoms with Crippen LogP contribution in [0.25, 0.3) is 59.5 Å². The molecular formula is C32H19NO2. The Morgan fingerprint density at radius 3 is 1.46 bits per heavy atom. The molecule has 1 heterocycles. The van der Waals surface area contributed by atoms with Gasteiger partial charge >= 0.3 is 0 Å². The summed E-state index contributed by atoms with van der Waals surface area (Å²) in [7, 11) is 0. The zero-order valence-electron chi connectivity index (χ0n) is 18.7. The van der Waals surface area contributed by atoms with Crippen LogP contribution in [0, 0.1) is 0 Å². The standard InChI is InChI=1S/C32H19NO2/c34-31-28-12-5-3-10-23(28)24-11-4-6-13-29(24)32(35)33(31)30-15-7-14-22-26-17-16-20-8-1-2-9-21(20)25(26)18-19-27(22)30/h1-19H. The van der Waals surface area contributed by atoms with Crippen LogP contribution in [0.1, 0.15) is 0 Å². The third-order valence-corrected chi connectivity index (χ3v) is 7.01. The number of rotatable bonds is 1. The van der Waals surface area contributed by atoms with E-state index in [9.17, 15) is 9.59 Å². The summed E-state index contributed by atoms with van der Waals surface area (Å²) >= 11 is 0. The van der Waals surface area contributed by atoms with Gasteiger partial charge in [0.25, 0.3) is 11.1 Å². The third kappa shape index (κ3) is 2.79. The fourth-order valence-electron chi connectivity index (χ4n) is 5.40. The summed E-state index contributed by atoms with van der Waals surface area (Å²) in [5, 5.41) is 9.09. The second-order valence-electron chi connectivity index (χ2n) is 8.86. The lowest BCUT2D eigenvalue weighted by Gasteiger charge is -2.11. The minimum absolute atomic E-state index is 0.312. The Balaban J connectivity index is 1.68. The molecule has 6 aromatic carbocycles. The van der Waals surface area contributed by atoms with Crippen molar-refractivity contribution >= 4 is 53.9 Å². The summed E-state index contributed by atoms with van der Waals surface area (Å²) in [6, 6.07) is 37.4. The highest BCUT2D eigenvalue weighted by atomic mass is 16.2. The molecule has 0 saturated heterocycles. The maximum Gasteiger partial charge on any atom is 0.265 e. The van der Waals surface area contributed by atoms with Crippen LogP contribution in [-0.4, -0.2) is 4.57 Å². The summed E-state index contributed by atoms with van der Waals surface area (Å²) in [5.74, 6) is 0. The minimum atomic E-state index is -0.312. The Kier molecular flexibility index (Phi) is 4.15. The number of fused-ring (bicyclic) bond motifs is 8. The first-order valence-electron chi connectivity index (χ1n) is 11.6. The maximum atomic E-state index is 13.9. The molecule has 3 heteroatoms. The van der Waals surface area contributed by atoms with Crippen molar-refractivity contribution in [3.8, 4) is 5.69 Å². The minimum Gasteiger partial charge on any atom is -0.268 e. The van der Waals surface area contributed by atoms with Gasteiger partial charge in [-0.1, -0.05) is 97.1 Å². The Morgan fingerprint density at radius 2 is 0.771 bits per heavy atom. The molecule has 0 saturated carbocycles. The molecule has 0 aliphatic carbocycles. The molecule has 0 bridgehead atoms. The molecule has 7 rings (SSSR count). The van der Waals surface area contributed by atoms with Crippen LogP contribution in [0.3, 0.4) is 0 Å². The van der Waals surface area contributed by atoms with Gasteiger partial charge in [-0.25, -0.2) is 4.57 Å². The zero-order valence-corrected chi connectivity index (χ0v) is 18.7. The van der Waals surface area contributed by atoms with E-state index < -0.39 is 0 Å². The molecule has 0 spiro atoms. The molecule has 0 amide bonds. The van der Waals surface area contributed by atoms with E-state index in [4.69, 9.17) is 0 Å². The van der Waals surface area contributed by atoms with Gasteiger partial charge in [-0.05, 0) is 55.9 Å². The van der Waals surface area contributed by atoms with Crippen molar-refractivity contribution in [2.75, 3.05) is 0 Å². The smallest absolute Gasteiger partial charge is 0.265 e. The van der Waals surface area contributed by atoms with Gasteiger partial charge in [0.2, 0.25) is 0 Å². The van der Waals surface area contributed by atoms with Gasteiger partial charge in [-0.3, -0.25) is 9.59 Å². The predicted molar refractivity (Wildman–Crippen MR) is 146 cm³/mol. The number of nitrogens with zero attached hydrogens (tertiary/aromatic N) is 1. The van der Waals surface area contributed by atoms with Crippen LogP contribution in [0.2, 0.25) is 0 Å². The highest BCUT2D eigenvalue weighted by molar-refractivity contribution is 6.18. The molecular weight excluding hydrogens is 430 g/mol. The molecule has 0 unspecified atom stereocenters. The van der Waals surface area contributed by atoms with Crippen LogP contribution < -0.4 is 11.1 Å². The second kappa shape index (κ2) is 7.37. The first-order valence-corrected chi connectivity index (χ1v) is 11.6. The second-order valence-corrected chi connectivity index (χ2v) is 8.86. The van der Waals surface area contributed by atoms with E-state index in [0.717, 1.165) is 32.3 Å². The lowest BCUT2D eigenvalue weighted by molar-refractivity contribution is 0.985. The molecule has 1 aromatic heterocycles. The van der Waals surface area contributed by atoms with Crippen molar-refractivity contribution in [1.29, 1.82) is 0 Å². The fourth-order valence-corrected chi connectivity index (χ4v) is 5.40. The molecule has 0 atom stereocenters. The van der Waals surface area contributed by atoms with E-state index in [0.29, 0.717) is 16.5 Å². The Hall–Kier alpha value is -4.76. The summed E-state index contributed by atoms with van der Waals surface area (Å²) in [6.45, 7) is 0. The van der Waals surface area contributed by atoms with Crippen molar-refractivity contribution in [2.24, 2.45) is 0 Å². The normalized spacial score (nSPS) is 11.7. The van der Waals surface area contributed by atoms with Crippen molar-refractivity contribution in [3.63, 3.8) is 0 Å². The summed E-state index contributed by atoms with van der Waals surface area (Å²) in [4.78, 5) is 27.8. The molecule has 35 heavy (non-hydrogen) atoms. The fraction of sp³-hybridized carbons (Fsp3) is 0. The number of hydrogen-bond donors (Lipinski definition) is 0. The lowest BCUT2D eigenvalue weighted by atomic mass is 9.96. The van der Waals surface area contributed by atoms with Crippen molar-refractivity contribution < 1.29 is 0 Å². The van der Waals surface area contributed by atoms with E-state index in [-0.39, 0.29) is 11.1 Å². The van der Waals surface area contributed by atoms with Crippen LogP contribution in [0.4, 0.5) is 0 Å². The highest BCUT2D eigenvalue weighted by Gasteiger charge is 2.15. The molecule has 0 N–H and O–H groups in total. The van der Waals surface area contributed by atoms with Gasteiger partial charge in [0, 0.05) is 16.2 Å². The molecule has 0 aliphatic rings. The molecule has 3 nitrogen and oxygen atoms in total. The summed E-state index contributed by atoms with van der Waals surface area (Å²) in [5.41, 5.74) is -0.0279. The van der Waals surface area contributed by atoms with Crippen molar-refractivity contribution in [2.45, 2.75) is 0 Å². The quantitative estimate of drug-likeness (QED) is 0.254. The van der Waals surface area contributed by atoms with E-state index in [1.165, 1.54) is 15.3 Å². The van der Waals surface area contributed by atoms with E-state index in [2.05, 4.69) is 36.4 Å². The third-order valence-electron chi connectivity index (χ3n) is 7.01. The number of aromatic nitrogens is 1. The Morgan fingerprint density at radius 1 is 0.343 bits per heavy atom. The van der Waals surface area contributed by atoms with E-state index in [1.807, 2.05) is 66.7 Å². The van der Waals surface area contributed by atoms with E-state index >= 15 is 0 Å². The first kappa shape index (κ1) is 19.7. The van der Waals surface area contributed by atoms with Crippen molar-refractivity contribution in [1.82, 2.24) is 4.57 Å². The van der Waals surface area contributed by atoms with Gasteiger partial charge in [0.15, 0.2) is 0 Å². The SMILES string of the molecule is O=c1c2ccccc2c2ccccc2c(=O)n1-c1cccc2c1ccc1c3ccccc3ccc21. The Labute approximate surface area is 200 Å². The largest absolute Gasteiger partial charge is 0.268 e. The highest BCUT2D eigenvalue weighted by Crippen LogP contribution is 2.33. The number of hydrogen-bond acceptors (Lipinski definition) is 2. The number of benzene rings is 6. The van der Waals surface area contributed by atoms with Crippen LogP contribution in [0.5, 0.6) is 0 Å². The van der Waals surface area contributed by atoms with E-state index in [1.54, 1.807) is 12.1 Å². The Bertz CT molecular complexity index is 2030. The monoisotopic (exact) mass is 449 g/mol. The molecule has 164 valence electrons. The maximum absolute atomic E-state index is 13.9. The molecule has 7 aromatic rings. The van der Waals surface area contributed by atoms with Gasteiger partial charge in [-0.2, -0.15) is 0 Å². The van der Waals surface area contributed by atoms with Crippen LogP contribution in [-0.2, 0) is 0 Å². The molecule has 0 fully saturated rings. The first-order chi connectivity index (χ1) is 17.2. The van der Waals surface area contributed by atoms with Gasteiger partial charge in [0.1, 0.15) is 0 Å². The zero-order chi connectivity index (χ0) is 23.5. The van der Waals surface area contributed by atoms with Crippen LogP contribution >= 0.6 is 0 Å². The predicted octanol–water partition coefficient (Wildman–Crippen LogP) is 6.96. The van der Waals surface area contributed by atoms with Gasteiger partial charge < -0.3 is 0 Å². The van der Waals surface area contributed by atoms with Gasteiger partial charge in [0.05, 0.1) is 5.69 Å². The topological polar surface area (TPSA) is 39.1 Å². The summed E-state index contributed by atoms with van der Waals surface area (Å²) < 4.78 is 1.35.